The van der Waals surface area contributed by atoms with Crippen LogP contribution in [0.5, 0.6) is 5.88 Å². The predicted molar refractivity (Wildman–Crippen MR) is 135 cm³/mol. The number of nitrogens with one attached hydrogen (secondary N) is 1. The lowest BCUT2D eigenvalue weighted by molar-refractivity contribution is 0.122. The Bertz CT molecular complexity index is 1060. The van der Waals surface area contributed by atoms with Crippen molar-refractivity contribution in [2.45, 2.75) is 19.4 Å². The third kappa shape index (κ3) is 5.38. The Morgan fingerprint density at radius 1 is 0.941 bits per heavy atom. The lowest BCUT2D eigenvalue weighted by Gasteiger charge is -2.29. The van der Waals surface area contributed by atoms with E-state index in [0.717, 1.165) is 80.3 Å². The third-order valence-corrected chi connectivity index (χ3v) is 6.66. The van der Waals surface area contributed by atoms with Gasteiger partial charge in [-0.05, 0) is 49.5 Å². The summed E-state index contributed by atoms with van der Waals surface area (Å²) in [7, 11) is 0. The van der Waals surface area contributed by atoms with Gasteiger partial charge in [-0.2, -0.15) is 0 Å². The second kappa shape index (κ2) is 11.0. The Labute approximate surface area is 201 Å². The molecule has 2 aromatic carbocycles. The van der Waals surface area contributed by atoms with Crippen molar-refractivity contribution in [2.24, 2.45) is 11.7 Å². The Hall–Kier alpha value is -3.00. The molecule has 3 N–H and O–H groups in total. The van der Waals surface area contributed by atoms with Crippen molar-refractivity contribution in [3.05, 3.63) is 60.3 Å². The van der Waals surface area contributed by atoms with E-state index in [-0.39, 0.29) is 0 Å². The second-order valence-electron chi connectivity index (χ2n) is 8.96. The molecule has 0 unspecified atom stereocenters. The first kappa shape index (κ1) is 22.8. The van der Waals surface area contributed by atoms with Crippen LogP contribution < -0.4 is 20.7 Å². The molecule has 178 valence electrons. The highest BCUT2D eigenvalue weighted by molar-refractivity contribution is 5.79. The summed E-state index contributed by atoms with van der Waals surface area (Å²) in [6.07, 6.45) is 4.02. The molecular weight excluding hydrogens is 426 g/mol. The molecule has 3 heterocycles. The molecule has 7 nitrogen and oxygen atoms in total. The van der Waals surface area contributed by atoms with E-state index in [1.54, 1.807) is 6.20 Å². The fourth-order valence-electron chi connectivity index (χ4n) is 4.56. The monoisotopic (exact) mass is 459 g/mol. The standard InChI is InChI=1S/C27H33N5O2/c28-17-20-1-3-22(4-2-20)26-27(23-5-7-24(8-6-23)32-13-15-33-16-14-32)31-25(18-30-26)34-19-21-9-11-29-12-10-21/h1-8,18,21,29H,9-17,19,28H2. The van der Waals surface area contributed by atoms with Gasteiger partial charge in [0.25, 0.3) is 0 Å². The van der Waals surface area contributed by atoms with Gasteiger partial charge in [-0.1, -0.05) is 36.4 Å². The number of nitrogens with zero attached hydrogens (tertiary/aromatic N) is 3. The first-order valence-electron chi connectivity index (χ1n) is 12.2. The number of morpholine rings is 1. The van der Waals surface area contributed by atoms with Gasteiger partial charge in [-0.15, -0.1) is 0 Å². The van der Waals surface area contributed by atoms with Crippen LogP contribution in [0.1, 0.15) is 18.4 Å². The van der Waals surface area contributed by atoms with Crippen molar-refractivity contribution in [1.29, 1.82) is 0 Å². The summed E-state index contributed by atoms with van der Waals surface area (Å²) in [4.78, 5) is 12.1. The molecule has 2 saturated heterocycles. The average Bonchev–Trinajstić information content (AvgIpc) is 2.93. The second-order valence-corrected chi connectivity index (χ2v) is 8.96. The number of rotatable bonds is 7. The van der Waals surface area contributed by atoms with Crippen LogP contribution in [0.2, 0.25) is 0 Å². The number of hydrogen-bond donors (Lipinski definition) is 2. The molecule has 0 atom stereocenters. The van der Waals surface area contributed by atoms with E-state index in [2.05, 4.69) is 46.6 Å². The summed E-state index contributed by atoms with van der Waals surface area (Å²) in [5.74, 6) is 1.14. The zero-order valence-corrected chi connectivity index (χ0v) is 19.6. The van der Waals surface area contributed by atoms with Crippen LogP contribution in [0, 0.1) is 5.92 Å². The molecule has 1 aromatic heterocycles. The average molecular weight is 460 g/mol. The van der Waals surface area contributed by atoms with Crippen molar-refractivity contribution in [3.63, 3.8) is 0 Å². The fraction of sp³-hybridized carbons (Fsp3) is 0.407. The minimum absolute atomic E-state index is 0.519. The van der Waals surface area contributed by atoms with Crippen molar-refractivity contribution < 1.29 is 9.47 Å². The molecule has 0 saturated carbocycles. The van der Waals surface area contributed by atoms with E-state index in [4.69, 9.17) is 25.2 Å². The highest BCUT2D eigenvalue weighted by atomic mass is 16.5. The van der Waals surface area contributed by atoms with Crippen LogP contribution in [-0.2, 0) is 11.3 Å². The number of piperidine rings is 1. The minimum Gasteiger partial charge on any atom is -0.476 e. The van der Waals surface area contributed by atoms with E-state index < -0.39 is 0 Å². The molecule has 3 aromatic rings. The summed E-state index contributed by atoms with van der Waals surface area (Å²) < 4.78 is 11.6. The SMILES string of the molecule is NCc1ccc(-c2ncc(OCC3CCNCC3)nc2-c2ccc(N3CCOCC3)cc2)cc1. The molecule has 0 bridgehead atoms. The van der Waals surface area contributed by atoms with Crippen molar-refractivity contribution in [1.82, 2.24) is 15.3 Å². The van der Waals surface area contributed by atoms with Gasteiger partial charge in [-0.25, -0.2) is 9.97 Å². The van der Waals surface area contributed by atoms with Crippen molar-refractivity contribution in [3.8, 4) is 28.4 Å². The van der Waals surface area contributed by atoms with Gasteiger partial charge >= 0.3 is 0 Å². The summed E-state index contributed by atoms with van der Waals surface area (Å²) in [5, 5.41) is 3.40. The van der Waals surface area contributed by atoms with Crippen LogP contribution in [-0.4, -0.2) is 56.0 Å². The molecule has 0 aliphatic carbocycles. The number of anilines is 1. The minimum atomic E-state index is 0.519. The van der Waals surface area contributed by atoms with E-state index in [0.29, 0.717) is 24.9 Å². The Morgan fingerprint density at radius 2 is 1.62 bits per heavy atom. The quantitative estimate of drug-likeness (QED) is 0.559. The molecule has 0 spiro atoms. The largest absolute Gasteiger partial charge is 0.476 e. The lowest BCUT2D eigenvalue weighted by Crippen LogP contribution is -2.36. The third-order valence-electron chi connectivity index (χ3n) is 6.66. The summed E-state index contributed by atoms with van der Waals surface area (Å²) in [6.45, 7) is 6.67. The number of hydrogen-bond acceptors (Lipinski definition) is 7. The van der Waals surface area contributed by atoms with Gasteiger partial charge in [0.1, 0.15) is 5.69 Å². The maximum Gasteiger partial charge on any atom is 0.232 e. The molecule has 2 aliphatic heterocycles. The van der Waals surface area contributed by atoms with Gasteiger partial charge in [0.15, 0.2) is 0 Å². The van der Waals surface area contributed by atoms with E-state index in [9.17, 15) is 0 Å². The number of nitrogens with two attached hydrogens (primary N) is 1. The molecule has 2 aliphatic rings. The van der Waals surface area contributed by atoms with E-state index in [1.807, 2.05) is 12.1 Å². The zero-order valence-electron chi connectivity index (χ0n) is 19.6. The molecule has 0 radical (unpaired) electrons. The molecule has 5 rings (SSSR count). The molecule has 2 fully saturated rings. The summed E-state index contributed by atoms with van der Waals surface area (Å²) in [6, 6.07) is 16.8. The zero-order chi connectivity index (χ0) is 23.2. The number of ether oxygens (including phenoxy) is 2. The smallest absolute Gasteiger partial charge is 0.232 e. The van der Waals surface area contributed by atoms with Gasteiger partial charge in [-0.3, -0.25) is 0 Å². The van der Waals surface area contributed by atoms with E-state index in [1.165, 1.54) is 5.69 Å². The topological polar surface area (TPSA) is 85.5 Å². The van der Waals surface area contributed by atoms with Crippen LogP contribution in [0.4, 0.5) is 5.69 Å². The van der Waals surface area contributed by atoms with Crippen molar-refractivity contribution in [2.75, 3.05) is 50.9 Å². The highest BCUT2D eigenvalue weighted by Crippen LogP contribution is 2.32. The summed E-state index contributed by atoms with van der Waals surface area (Å²) >= 11 is 0. The first-order chi connectivity index (χ1) is 16.8. The maximum atomic E-state index is 6.11. The Morgan fingerprint density at radius 3 is 2.32 bits per heavy atom. The molecule has 0 amide bonds. The number of benzene rings is 2. The van der Waals surface area contributed by atoms with E-state index >= 15 is 0 Å². The van der Waals surface area contributed by atoms with Crippen molar-refractivity contribution >= 4 is 5.69 Å². The summed E-state index contributed by atoms with van der Waals surface area (Å²) in [5.41, 5.74) is 11.8. The van der Waals surface area contributed by atoms with Gasteiger partial charge in [0, 0.05) is 36.4 Å². The normalized spacial score (nSPS) is 17.0. The lowest BCUT2D eigenvalue weighted by atomic mass is 9.99. The number of aromatic nitrogens is 2. The van der Waals surface area contributed by atoms with Crippen LogP contribution in [0.25, 0.3) is 22.5 Å². The Kier molecular flexibility index (Phi) is 7.34. The van der Waals surface area contributed by atoms with Gasteiger partial charge in [0.05, 0.1) is 31.7 Å². The van der Waals surface area contributed by atoms with Gasteiger partial charge in [0.2, 0.25) is 5.88 Å². The molecule has 7 heteroatoms. The maximum absolute atomic E-state index is 6.11. The molecule has 34 heavy (non-hydrogen) atoms. The van der Waals surface area contributed by atoms with Crippen LogP contribution in [0.3, 0.4) is 0 Å². The molecular formula is C27H33N5O2. The highest BCUT2D eigenvalue weighted by Gasteiger charge is 2.17. The fourth-order valence-corrected chi connectivity index (χ4v) is 4.56. The first-order valence-corrected chi connectivity index (χ1v) is 12.2. The predicted octanol–water partition coefficient (Wildman–Crippen LogP) is 3.48. The van der Waals surface area contributed by atoms with Crippen LogP contribution in [0.15, 0.2) is 54.7 Å². The Balaban J connectivity index is 1.43. The van der Waals surface area contributed by atoms with Crippen LogP contribution >= 0.6 is 0 Å². The van der Waals surface area contributed by atoms with Gasteiger partial charge < -0.3 is 25.4 Å².